The molecular weight excluding hydrogens is 406 g/mol. The summed E-state index contributed by atoms with van der Waals surface area (Å²) < 4.78 is 32.4. The Hall–Kier alpha value is -2.31. The van der Waals surface area contributed by atoms with Crippen LogP contribution < -0.4 is 10.0 Å². The molecule has 0 radical (unpaired) electrons. The second-order valence-electron chi connectivity index (χ2n) is 6.30. The Kier molecular flexibility index (Phi) is 6.10. The molecule has 146 valence electrons. The van der Waals surface area contributed by atoms with Gasteiger partial charge in [0.2, 0.25) is 5.91 Å². The highest BCUT2D eigenvalue weighted by Gasteiger charge is 2.34. The molecule has 0 spiro atoms. The van der Waals surface area contributed by atoms with Crippen molar-refractivity contribution in [2.45, 2.75) is 18.5 Å². The number of nitriles is 1. The maximum Gasteiger partial charge on any atom is 0.242 e. The fraction of sp³-hybridized carbons (Fsp3) is 0.211. The van der Waals surface area contributed by atoms with Crippen molar-refractivity contribution >= 4 is 39.9 Å². The number of halogens is 3. The highest BCUT2D eigenvalue weighted by Crippen LogP contribution is 2.34. The van der Waals surface area contributed by atoms with Crippen LogP contribution in [0.1, 0.15) is 23.6 Å². The molecule has 2 N–H and O–H groups in total. The van der Waals surface area contributed by atoms with Crippen LogP contribution in [0.2, 0.25) is 5.02 Å². The number of anilines is 1. The molecule has 5 nitrogen and oxygen atoms in total. The third kappa shape index (κ3) is 4.23. The zero-order chi connectivity index (χ0) is 20.4. The number of nitrogens with zero attached hydrogens (tertiary/aromatic N) is 2. The molecule has 1 aliphatic rings. The Morgan fingerprint density at radius 2 is 2.11 bits per heavy atom. The molecule has 1 amide bonds. The smallest absolute Gasteiger partial charge is 0.242 e. The van der Waals surface area contributed by atoms with E-state index in [0.29, 0.717) is 17.7 Å². The SMILES string of the molecule is C=S1NC(c2ccc(C#N)c(F)c2)CC(C(=O)Nc2ccc(F)c(Cl)c2)N1C. The Morgan fingerprint density at radius 1 is 1.36 bits per heavy atom. The van der Waals surface area contributed by atoms with Crippen molar-refractivity contribution in [1.29, 1.82) is 5.26 Å². The average molecular weight is 423 g/mol. The topological polar surface area (TPSA) is 68.2 Å². The molecule has 0 aliphatic carbocycles. The number of carbonyl (C=O) groups excluding carboxylic acids is 1. The zero-order valence-electron chi connectivity index (χ0n) is 14.9. The molecule has 3 rings (SSSR count). The first-order valence-corrected chi connectivity index (χ1v) is 10.0. The number of carbonyl (C=O) groups is 1. The standard InChI is InChI=1S/C19H17ClF2N4OS/c1-26-18(19(27)24-13-5-6-15(21)14(20)8-13)9-17(25-28(26)2)11-3-4-12(10-23)16(22)7-11/h3-8,17-18,25H,2,9H2,1H3,(H,24,27). The van der Waals surface area contributed by atoms with Gasteiger partial charge in [-0.2, -0.15) is 5.26 Å². The van der Waals surface area contributed by atoms with E-state index >= 15 is 0 Å². The zero-order valence-corrected chi connectivity index (χ0v) is 16.5. The van der Waals surface area contributed by atoms with E-state index in [-0.39, 0.29) is 22.5 Å². The van der Waals surface area contributed by atoms with Crippen molar-refractivity contribution in [2.24, 2.45) is 0 Å². The van der Waals surface area contributed by atoms with Crippen molar-refractivity contribution < 1.29 is 13.6 Å². The number of likely N-dealkylation sites (N-methyl/N-ethyl adjacent to an activating group) is 1. The van der Waals surface area contributed by atoms with Gasteiger partial charge in [0.25, 0.3) is 0 Å². The number of amides is 1. The molecule has 1 heterocycles. The molecule has 2 aromatic rings. The summed E-state index contributed by atoms with van der Waals surface area (Å²) in [5, 5.41) is 11.5. The van der Waals surface area contributed by atoms with E-state index in [1.54, 1.807) is 23.5 Å². The molecule has 1 aliphatic heterocycles. The van der Waals surface area contributed by atoms with Crippen LogP contribution in [0.3, 0.4) is 0 Å². The van der Waals surface area contributed by atoms with Gasteiger partial charge in [0.1, 0.15) is 23.7 Å². The summed E-state index contributed by atoms with van der Waals surface area (Å²) in [6.45, 7) is 0. The van der Waals surface area contributed by atoms with Crippen LogP contribution in [0, 0.1) is 23.0 Å². The van der Waals surface area contributed by atoms with E-state index in [4.69, 9.17) is 16.9 Å². The minimum absolute atomic E-state index is 0.0345. The van der Waals surface area contributed by atoms with Crippen LogP contribution in [0.4, 0.5) is 14.5 Å². The van der Waals surface area contributed by atoms with Crippen molar-refractivity contribution in [1.82, 2.24) is 9.03 Å². The Morgan fingerprint density at radius 3 is 2.75 bits per heavy atom. The van der Waals surface area contributed by atoms with Crippen molar-refractivity contribution in [3.63, 3.8) is 0 Å². The second kappa shape index (κ2) is 8.37. The van der Waals surface area contributed by atoms with Gasteiger partial charge in [0.15, 0.2) is 0 Å². The third-order valence-electron chi connectivity index (χ3n) is 4.53. The van der Waals surface area contributed by atoms with Crippen LogP contribution in [-0.4, -0.2) is 29.2 Å². The highest BCUT2D eigenvalue weighted by atomic mass is 35.5. The molecule has 9 heteroatoms. The summed E-state index contributed by atoms with van der Waals surface area (Å²) in [5.74, 6) is 2.55. The number of rotatable bonds is 3. The molecule has 1 saturated heterocycles. The maximum atomic E-state index is 14.0. The van der Waals surface area contributed by atoms with Gasteiger partial charge < -0.3 is 5.32 Å². The van der Waals surface area contributed by atoms with Gasteiger partial charge in [-0.15, -0.1) is 0 Å². The third-order valence-corrected chi connectivity index (χ3v) is 6.33. The second-order valence-corrected chi connectivity index (χ2v) is 8.25. The molecule has 28 heavy (non-hydrogen) atoms. The number of nitrogens with one attached hydrogen (secondary N) is 2. The fourth-order valence-corrected chi connectivity index (χ4v) is 4.33. The van der Waals surface area contributed by atoms with Gasteiger partial charge in [-0.3, -0.25) is 9.52 Å². The summed E-state index contributed by atoms with van der Waals surface area (Å²) in [6, 6.07) is 9.26. The lowest BCUT2D eigenvalue weighted by molar-refractivity contribution is -0.119. The monoisotopic (exact) mass is 422 g/mol. The van der Waals surface area contributed by atoms with Gasteiger partial charge >= 0.3 is 0 Å². The maximum absolute atomic E-state index is 14.0. The minimum atomic E-state index is -0.697. The molecule has 0 saturated carbocycles. The first kappa shape index (κ1) is 20.4. The van der Waals surface area contributed by atoms with Crippen LogP contribution in [-0.2, 0) is 4.79 Å². The van der Waals surface area contributed by atoms with Crippen LogP contribution in [0.25, 0.3) is 0 Å². The van der Waals surface area contributed by atoms with Crippen molar-refractivity contribution in [2.75, 3.05) is 12.4 Å². The number of hydrogen-bond acceptors (Lipinski definition) is 4. The van der Waals surface area contributed by atoms with Crippen LogP contribution in [0.5, 0.6) is 0 Å². The first-order valence-electron chi connectivity index (χ1n) is 8.28. The molecule has 2 aromatic carbocycles. The molecule has 0 aromatic heterocycles. The van der Waals surface area contributed by atoms with Crippen LogP contribution in [0.15, 0.2) is 36.4 Å². The lowest BCUT2D eigenvalue weighted by Crippen LogP contribution is -2.47. The van der Waals surface area contributed by atoms with E-state index in [1.807, 2.05) is 0 Å². The first-order chi connectivity index (χ1) is 13.3. The molecular formula is C19H17ClF2N4OS. The summed E-state index contributed by atoms with van der Waals surface area (Å²) in [6.07, 6.45) is 0.363. The summed E-state index contributed by atoms with van der Waals surface area (Å²) >= 11 is 5.76. The van der Waals surface area contributed by atoms with Gasteiger partial charge in [-0.25, -0.2) is 13.1 Å². The summed E-state index contributed by atoms with van der Waals surface area (Å²) in [7, 11) is 1.07. The van der Waals surface area contributed by atoms with E-state index in [9.17, 15) is 13.6 Å². The van der Waals surface area contributed by atoms with Crippen LogP contribution >= 0.6 is 22.5 Å². The van der Waals surface area contributed by atoms with Crippen molar-refractivity contribution in [3.8, 4) is 6.07 Å². The van der Waals surface area contributed by atoms with E-state index < -0.39 is 28.5 Å². The molecule has 0 bridgehead atoms. The van der Waals surface area contributed by atoms with Gasteiger partial charge in [0.05, 0.1) is 10.6 Å². The van der Waals surface area contributed by atoms with Gasteiger partial charge in [-0.05, 0) is 55.2 Å². The molecule has 3 atom stereocenters. The van der Waals surface area contributed by atoms with E-state index in [2.05, 4.69) is 15.9 Å². The summed E-state index contributed by atoms with van der Waals surface area (Å²) in [5.41, 5.74) is 0.981. The average Bonchev–Trinajstić information content (AvgIpc) is 2.66. The molecule has 1 fully saturated rings. The van der Waals surface area contributed by atoms with E-state index in [1.165, 1.54) is 30.3 Å². The largest absolute Gasteiger partial charge is 0.325 e. The lowest BCUT2D eigenvalue weighted by atomic mass is 9.98. The number of benzene rings is 2. The Labute approximate surface area is 169 Å². The Balaban J connectivity index is 1.80. The minimum Gasteiger partial charge on any atom is -0.325 e. The van der Waals surface area contributed by atoms with Gasteiger partial charge in [-0.1, -0.05) is 28.5 Å². The fourth-order valence-electron chi connectivity index (χ4n) is 2.94. The predicted molar refractivity (Wildman–Crippen MR) is 108 cm³/mol. The lowest BCUT2D eigenvalue weighted by Gasteiger charge is -2.39. The van der Waals surface area contributed by atoms with Gasteiger partial charge in [0, 0.05) is 11.7 Å². The van der Waals surface area contributed by atoms with E-state index in [0.717, 1.165) is 0 Å². The molecule has 3 unspecified atom stereocenters. The number of hydrogen-bond donors (Lipinski definition) is 2. The quantitative estimate of drug-likeness (QED) is 0.734. The Bertz CT molecular complexity index is 994. The van der Waals surface area contributed by atoms with Crippen molar-refractivity contribution in [3.05, 3.63) is 64.2 Å². The normalized spacial score (nSPS) is 22.5. The summed E-state index contributed by atoms with van der Waals surface area (Å²) in [4.78, 5) is 12.8. The predicted octanol–water partition coefficient (Wildman–Crippen LogP) is 3.99. The highest BCUT2D eigenvalue weighted by molar-refractivity contribution is 8.10.